The van der Waals surface area contributed by atoms with Crippen molar-refractivity contribution in [2.24, 2.45) is 11.8 Å². The van der Waals surface area contributed by atoms with Crippen LogP contribution in [0.25, 0.3) is 0 Å². The fourth-order valence-electron chi connectivity index (χ4n) is 3.58. The normalized spacial score (nSPS) is 24.7. The summed E-state index contributed by atoms with van der Waals surface area (Å²) in [6.45, 7) is 14.8. The number of benzene rings is 1. The third-order valence-corrected chi connectivity index (χ3v) is 8.74. The quantitative estimate of drug-likeness (QED) is 0.470. The summed E-state index contributed by atoms with van der Waals surface area (Å²) < 4.78 is 5.54. The molecule has 0 amide bonds. The van der Waals surface area contributed by atoms with Crippen LogP contribution in [0.15, 0.2) is 53.8 Å². The number of ether oxygens (including phenoxy) is 1. The SMILES string of the molecule is C=C(C)[C@H]1C[C@H](OC(C)=O)[C@H](C)C=C1[Si](C)(C)c1ccccc1. The second-order valence-corrected chi connectivity index (χ2v) is 11.7. The highest BCUT2D eigenvalue weighted by Gasteiger charge is 2.39. The topological polar surface area (TPSA) is 26.3 Å². The number of hydrogen-bond donors (Lipinski definition) is 0. The van der Waals surface area contributed by atoms with E-state index in [0.717, 1.165) is 12.0 Å². The van der Waals surface area contributed by atoms with Crippen LogP contribution in [-0.4, -0.2) is 20.1 Å². The number of hydrogen-bond acceptors (Lipinski definition) is 2. The van der Waals surface area contributed by atoms with E-state index in [1.165, 1.54) is 17.3 Å². The molecule has 0 radical (unpaired) electrons. The molecule has 0 saturated carbocycles. The van der Waals surface area contributed by atoms with Gasteiger partial charge in [0.2, 0.25) is 0 Å². The van der Waals surface area contributed by atoms with E-state index in [2.05, 4.69) is 69.9 Å². The first kappa shape index (κ1) is 17.7. The van der Waals surface area contributed by atoms with E-state index in [9.17, 15) is 4.79 Å². The third kappa shape index (κ3) is 3.84. The lowest BCUT2D eigenvalue weighted by Crippen LogP contribution is -2.49. The minimum absolute atomic E-state index is 0.0430. The largest absolute Gasteiger partial charge is 0.462 e. The molecule has 0 spiro atoms. The summed E-state index contributed by atoms with van der Waals surface area (Å²) in [5.41, 5.74) is 1.16. The van der Waals surface area contributed by atoms with Crippen molar-refractivity contribution < 1.29 is 9.53 Å². The van der Waals surface area contributed by atoms with Crippen molar-refractivity contribution in [3.05, 3.63) is 53.8 Å². The van der Waals surface area contributed by atoms with Crippen molar-refractivity contribution >= 4 is 19.2 Å². The van der Waals surface area contributed by atoms with Crippen LogP contribution in [0.5, 0.6) is 0 Å². The van der Waals surface area contributed by atoms with Crippen LogP contribution in [0.3, 0.4) is 0 Å². The minimum atomic E-state index is -1.76. The van der Waals surface area contributed by atoms with Crippen LogP contribution >= 0.6 is 0 Å². The Labute approximate surface area is 141 Å². The molecule has 3 atom stereocenters. The first-order chi connectivity index (χ1) is 10.7. The fraction of sp³-hybridized carbons (Fsp3) is 0.450. The minimum Gasteiger partial charge on any atom is -0.462 e. The van der Waals surface area contributed by atoms with Gasteiger partial charge in [0.1, 0.15) is 14.2 Å². The van der Waals surface area contributed by atoms with Gasteiger partial charge in [0.15, 0.2) is 0 Å². The number of carbonyl (C=O) groups is 1. The van der Waals surface area contributed by atoms with Gasteiger partial charge in [-0.3, -0.25) is 4.79 Å². The van der Waals surface area contributed by atoms with Crippen molar-refractivity contribution in [2.75, 3.05) is 0 Å². The van der Waals surface area contributed by atoms with Gasteiger partial charge < -0.3 is 4.74 Å². The molecule has 3 heteroatoms. The van der Waals surface area contributed by atoms with Gasteiger partial charge >= 0.3 is 5.97 Å². The summed E-state index contributed by atoms with van der Waals surface area (Å²) in [6.07, 6.45) is 3.17. The van der Waals surface area contributed by atoms with Gasteiger partial charge in [0.25, 0.3) is 0 Å². The Bertz CT molecular complexity index is 616. The van der Waals surface area contributed by atoms with Crippen LogP contribution < -0.4 is 5.19 Å². The molecular formula is C20H28O2Si. The molecule has 1 aromatic rings. The fourth-order valence-corrected chi connectivity index (χ4v) is 6.86. The number of allylic oxidation sites excluding steroid dienone is 2. The summed E-state index contributed by atoms with van der Waals surface area (Å²) in [7, 11) is -1.76. The molecule has 2 rings (SSSR count). The second-order valence-electron chi connectivity index (χ2n) is 7.25. The molecule has 1 aliphatic carbocycles. The van der Waals surface area contributed by atoms with Gasteiger partial charge in [-0.2, -0.15) is 0 Å². The predicted octanol–water partition coefficient (Wildman–Crippen LogP) is 4.23. The van der Waals surface area contributed by atoms with Crippen LogP contribution in [0, 0.1) is 11.8 Å². The lowest BCUT2D eigenvalue weighted by Gasteiger charge is -2.40. The average Bonchev–Trinajstić information content (AvgIpc) is 2.49. The molecule has 0 fully saturated rings. The van der Waals surface area contributed by atoms with Gasteiger partial charge in [-0.05, 0) is 13.3 Å². The first-order valence-corrected chi connectivity index (χ1v) is 11.3. The molecule has 1 aliphatic rings. The van der Waals surface area contributed by atoms with Gasteiger partial charge in [-0.15, -0.1) is 0 Å². The molecule has 0 N–H and O–H groups in total. The highest BCUT2D eigenvalue weighted by molar-refractivity contribution is 6.95. The highest BCUT2D eigenvalue weighted by atomic mass is 28.3. The van der Waals surface area contributed by atoms with Crippen molar-refractivity contribution in [3.63, 3.8) is 0 Å². The predicted molar refractivity (Wildman–Crippen MR) is 99.3 cm³/mol. The van der Waals surface area contributed by atoms with E-state index in [0.29, 0.717) is 5.92 Å². The van der Waals surface area contributed by atoms with E-state index in [-0.39, 0.29) is 18.0 Å². The Balaban J connectivity index is 2.42. The maximum atomic E-state index is 11.4. The van der Waals surface area contributed by atoms with Crippen molar-refractivity contribution in [3.8, 4) is 0 Å². The molecule has 2 nitrogen and oxygen atoms in total. The monoisotopic (exact) mass is 328 g/mol. The molecule has 0 unspecified atom stereocenters. The third-order valence-electron chi connectivity index (χ3n) is 5.00. The van der Waals surface area contributed by atoms with Gasteiger partial charge in [-0.25, -0.2) is 0 Å². The van der Waals surface area contributed by atoms with Gasteiger partial charge in [0.05, 0.1) is 0 Å². The van der Waals surface area contributed by atoms with E-state index in [1.807, 2.05) is 0 Å². The molecule has 0 heterocycles. The molecule has 0 aromatic heterocycles. The van der Waals surface area contributed by atoms with Gasteiger partial charge in [0, 0.05) is 18.8 Å². The average molecular weight is 329 g/mol. The van der Waals surface area contributed by atoms with Crippen molar-refractivity contribution in [2.45, 2.75) is 46.4 Å². The Morgan fingerprint density at radius 3 is 2.35 bits per heavy atom. The number of carbonyl (C=O) groups excluding carboxylic acids is 1. The Hall–Kier alpha value is -1.61. The van der Waals surface area contributed by atoms with Crippen molar-refractivity contribution in [1.82, 2.24) is 0 Å². The summed E-state index contributed by atoms with van der Waals surface area (Å²) in [6, 6.07) is 10.8. The molecular weight excluding hydrogens is 300 g/mol. The summed E-state index contributed by atoms with van der Waals surface area (Å²) in [5, 5.41) is 2.96. The number of rotatable bonds is 4. The maximum Gasteiger partial charge on any atom is 0.302 e. The van der Waals surface area contributed by atoms with Crippen LogP contribution in [0.2, 0.25) is 13.1 Å². The zero-order valence-electron chi connectivity index (χ0n) is 14.9. The molecule has 23 heavy (non-hydrogen) atoms. The molecule has 0 saturated heterocycles. The van der Waals surface area contributed by atoms with Gasteiger partial charge in [-0.1, -0.05) is 79.0 Å². The summed E-state index contributed by atoms with van der Waals surface area (Å²) in [4.78, 5) is 11.4. The van der Waals surface area contributed by atoms with Crippen LogP contribution in [0.1, 0.15) is 27.2 Å². The molecule has 0 aliphatic heterocycles. The highest BCUT2D eigenvalue weighted by Crippen LogP contribution is 2.39. The zero-order valence-corrected chi connectivity index (χ0v) is 15.9. The maximum absolute atomic E-state index is 11.4. The van der Waals surface area contributed by atoms with Crippen LogP contribution in [-0.2, 0) is 9.53 Å². The standard InChI is InChI=1S/C20H28O2Si/c1-14(2)18-13-19(22-16(4)21)15(3)12-20(18)23(5,6)17-10-8-7-9-11-17/h7-12,15,18-19H,1,13H2,2-6H3/t15-,18-,19+/m1/s1. The summed E-state index contributed by atoms with van der Waals surface area (Å²) >= 11 is 0. The van der Waals surface area contributed by atoms with Crippen LogP contribution in [0.4, 0.5) is 0 Å². The van der Waals surface area contributed by atoms with Crippen molar-refractivity contribution in [1.29, 1.82) is 0 Å². The zero-order chi connectivity index (χ0) is 17.2. The lowest BCUT2D eigenvalue weighted by atomic mass is 9.83. The van der Waals surface area contributed by atoms with E-state index >= 15 is 0 Å². The smallest absolute Gasteiger partial charge is 0.302 e. The van der Waals surface area contributed by atoms with E-state index < -0.39 is 8.07 Å². The Morgan fingerprint density at radius 1 is 1.22 bits per heavy atom. The molecule has 124 valence electrons. The summed E-state index contributed by atoms with van der Waals surface area (Å²) in [5.74, 6) is 0.358. The second kappa shape index (κ2) is 6.87. The van der Waals surface area contributed by atoms with E-state index in [1.54, 1.807) is 0 Å². The Kier molecular flexibility index (Phi) is 5.30. The number of esters is 1. The molecule has 0 bridgehead atoms. The van der Waals surface area contributed by atoms with E-state index in [4.69, 9.17) is 4.74 Å². The Morgan fingerprint density at radius 2 is 1.83 bits per heavy atom. The lowest BCUT2D eigenvalue weighted by molar-refractivity contribution is -0.148. The first-order valence-electron chi connectivity index (χ1n) is 8.33. The molecule has 1 aromatic carbocycles.